The van der Waals surface area contributed by atoms with Crippen molar-refractivity contribution in [2.45, 2.75) is 18.9 Å². The van der Waals surface area contributed by atoms with E-state index in [2.05, 4.69) is 52.3 Å². The van der Waals surface area contributed by atoms with Crippen LogP contribution < -0.4 is 14.9 Å². The van der Waals surface area contributed by atoms with Crippen LogP contribution in [0.5, 0.6) is 0 Å². The third kappa shape index (κ3) is 4.04. The lowest BCUT2D eigenvalue weighted by atomic mass is 9.83. The van der Waals surface area contributed by atoms with Crippen molar-refractivity contribution in [3.63, 3.8) is 0 Å². The third-order valence-electron chi connectivity index (χ3n) is 7.07. The summed E-state index contributed by atoms with van der Waals surface area (Å²) in [5, 5.41) is 0.646. The summed E-state index contributed by atoms with van der Waals surface area (Å²) in [4.78, 5) is 19.7. The molecule has 3 aromatic carbocycles. The molecule has 0 saturated carbocycles. The molecular formula is C31H20BrClN2O2S. The van der Waals surface area contributed by atoms with Crippen LogP contribution in [0.25, 0.3) is 23.1 Å². The zero-order valence-corrected chi connectivity index (χ0v) is 23.2. The summed E-state index contributed by atoms with van der Waals surface area (Å²) in [5.74, 6) is 1.31. The van der Waals surface area contributed by atoms with Crippen molar-refractivity contribution in [2.75, 3.05) is 0 Å². The highest BCUT2D eigenvalue weighted by atomic mass is 79.9. The molecule has 0 spiro atoms. The number of rotatable bonds is 3. The van der Waals surface area contributed by atoms with Crippen molar-refractivity contribution < 1.29 is 4.42 Å². The molecule has 7 heteroatoms. The van der Waals surface area contributed by atoms with Crippen LogP contribution in [-0.2, 0) is 6.42 Å². The van der Waals surface area contributed by atoms with Gasteiger partial charge in [0.05, 0.1) is 16.3 Å². The van der Waals surface area contributed by atoms with Gasteiger partial charge >= 0.3 is 0 Å². The number of nitrogens with zero attached hydrogens (tertiary/aromatic N) is 2. The summed E-state index contributed by atoms with van der Waals surface area (Å²) < 4.78 is 9.53. The molecule has 0 fully saturated rings. The summed E-state index contributed by atoms with van der Waals surface area (Å²) in [7, 11) is 0. The molecule has 2 aliphatic rings. The standard InChI is InChI=1S/C31H20BrClN2O2S/c32-21-11-8-19(9-12-21)29-25-14-10-18-4-1-2-7-24(18)28(25)34-31-35(29)30(36)27(38-31)17-23-13-15-26(37-23)20-5-3-6-22(33)16-20/h1-9,11-13,15-17,29H,10,14H2/b27-17+/t29-/m0/s1. The van der Waals surface area contributed by atoms with E-state index in [-0.39, 0.29) is 11.6 Å². The van der Waals surface area contributed by atoms with Gasteiger partial charge in [0.1, 0.15) is 11.5 Å². The van der Waals surface area contributed by atoms with Gasteiger partial charge in [0.25, 0.3) is 5.56 Å². The second kappa shape index (κ2) is 9.38. The minimum Gasteiger partial charge on any atom is -0.457 e. The van der Waals surface area contributed by atoms with Gasteiger partial charge in [-0.2, -0.15) is 0 Å². The highest BCUT2D eigenvalue weighted by Crippen LogP contribution is 2.41. The average Bonchev–Trinajstić information content (AvgIpc) is 3.52. The second-order valence-corrected chi connectivity index (χ2v) is 11.7. The molecule has 186 valence electrons. The van der Waals surface area contributed by atoms with Gasteiger partial charge in [0.15, 0.2) is 4.80 Å². The quantitative estimate of drug-likeness (QED) is 0.224. The summed E-state index contributed by atoms with van der Waals surface area (Å²) >= 11 is 11.1. The van der Waals surface area contributed by atoms with Gasteiger partial charge in [-0.25, -0.2) is 4.99 Å². The zero-order chi connectivity index (χ0) is 25.8. The monoisotopic (exact) mass is 598 g/mol. The first-order chi connectivity index (χ1) is 18.5. The molecule has 1 aliphatic heterocycles. The van der Waals surface area contributed by atoms with Gasteiger partial charge in [0.2, 0.25) is 0 Å². The molecule has 38 heavy (non-hydrogen) atoms. The number of aromatic nitrogens is 1. The Bertz CT molecular complexity index is 1930. The van der Waals surface area contributed by atoms with Crippen LogP contribution >= 0.6 is 38.9 Å². The van der Waals surface area contributed by atoms with E-state index in [1.807, 2.05) is 59.2 Å². The van der Waals surface area contributed by atoms with Crippen LogP contribution in [0.1, 0.15) is 34.9 Å². The molecule has 3 heterocycles. The van der Waals surface area contributed by atoms with E-state index in [0.717, 1.165) is 39.7 Å². The lowest BCUT2D eigenvalue weighted by Gasteiger charge is -2.30. The number of benzene rings is 3. The fourth-order valence-corrected chi connectivity index (χ4v) is 6.76. The first kappa shape index (κ1) is 23.7. The van der Waals surface area contributed by atoms with Gasteiger partial charge < -0.3 is 4.42 Å². The van der Waals surface area contributed by atoms with E-state index in [1.165, 1.54) is 22.5 Å². The van der Waals surface area contributed by atoms with Crippen LogP contribution in [0.2, 0.25) is 5.02 Å². The molecule has 0 radical (unpaired) electrons. The highest BCUT2D eigenvalue weighted by Gasteiger charge is 2.32. The number of halogens is 2. The molecule has 4 nitrogen and oxygen atoms in total. The van der Waals surface area contributed by atoms with Crippen LogP contribution in [-0.4, -0.2) is 4.57 Å². The molecule has 1 aliphatic carbocycles. The van der Waals surface area contributed by atoms with Gasteiger partial charge in [-0.05, 0) is 65.9 Å². The molecular weight excluding hydrogens is 580 g/mol. The Hall–Kier alpha value is -3.45. The van der Waals surface area contributed by atoms with Crippen LogP contribution in [0, 0.1) is 0 Å². The average molecular weight is 600 g/mol. The Morgan fingerprint density at radius 1 is 1.00 bits per heavy atom. The van der Waals surface area contributed by atoms with E-state index in [1.54, 1.807) is 0 Å². The van der Waals surface area contributed by atoms with E-state index < -0.39 is 0 Å². The minimum atomic E-state index is -0.205. The molecule has 0 saturated heterocycles. The number of aryl methyl sites for hydroxylation is 1. The largest absolute Gasteiger partial charge is 0.457 e. The number of allylic oxidation sites excluding steroid dienone is 1. The third-order valence-corrected chi connectivity index (χ3v) is 8.81. The predicted molar refractivity (Wildman–Crippen MR) is 156 cm³/mol. The molecule has 7 rings (SSSR count). The molecule has 0 unspecified atom stereocenters. The van der Waals surface area contributed by atoms with Crippen molar-refractivity contribution in [2.24, 2.45) is 4.99 Å². The van der Waals surface area contributed by atoms with Crippen molar-refractivity contribution in [1.82, 2.24) is 4.57 Å². The fourth-order valence-electron chi connectivity index (χ4n) is 5.32. The Morgan fingerprint density at radius 3 is 2.68 bits per heavy atom. The topological polar surface area (TPSA) is 47.5 Å². The van der Waals surface area contributed by atoms with Gasteiger partial charge in [0, 0.05) is 26.7 Å². The normalized spacial score (nSPS) is 16.6. The van der Waals surface area contributed by atoms with Gasteiger partial charge in [-0.15, -0.1) is 0 Å². The van der Waals surface area contributed by atoms with Crippen molar-refractivity contribution in [1.29, 1.82) is 0 Å². The minimum absolute atomic E-state index is 0.0622. The van der Waals surface area contributed by atoms with E-state index >= 15 is 0 Å². The Labute approximate surface area is 236 Å². The highest BCUT2D eigenvalue weighted by molar-refractivity contribution is 9.10. The first-order valence-electron chi connectivity index (χ1n) is 12.3. The SMILES string of the molecule is O=c1/c(=C\c2ccc(-c3cccc(Cl)c3)o2)sc2n1[C@@H](c1ccc(Br)cc1)C1=C(N=2)c2ccccc2CC1. The predicted octanol–water partition coefficient (Wildman–Crippen LogP) is 6.99. The summed E-state index contributed by atoms with van der Waals surface area (Å²) in [6, 6.07) is 27.8. The van der Waals surface area contributed by atoms with Crippen LogP contribution in [0.3, 0.4) is 0 Å². The Kier molecular flexibility index (Phi) is 5.84. The van der Waals surface area contributed by atoms with Crippen LogP contribution in [0.15, 0.2) is 109 Å². The molecule has 0 bridgehead atoms. The van der Waals surface area contributed by atoms with Gasteiger partial charge in [-0.3, -0.25) is 9.36 Å². The lowest BCUT2D eigenvalue weighted by Crippen LogP contribution is -2.38. The van der Waals surface area contributed by atoms with Crippen molar-refractivity contribution in [3.8, 4) is 11.3 Å². The second-order valence-electron chi connectivity index (χ2n) is 9.38. The Balaban J connectivity index is 1.40. The summed E-state index contributed by atoms with van der Waals surface area (Å²) in [6.07, 6.45) is 3.61. The number of furan rings is 1. The van der Waals surface area contributed by atoms with Gasteiger partial charge in [-0.1, -0.05) is 87.4 Å². The number of thiazole rings is 1. The number of hydrogen-bond donors (Lipinski definition) is 0. The zero-order valence-electron chi connectivity index (χ0n) is 20.0. The summed E-state index contributed by atoms with van der Waals surface area (Å²) in [6.45, 7) is 0. The Morgan fingerprint density at radius 2 is 1.84 bits per heavy atom. The maximum Gasteiger partial charge on any atom is 0.271 e. The summed E-state index contributed by atoms with van der Waals surface area (Å²) in [5.41, 5.74) is 6.54. The molecule has 5 aromatic rings. The molecule has 0 N–H and O–H groups in total. The smallest absolute Gasteiger partial charge is 0.271 e. The molecule has 0 amide bonds. The van der Waals surface area contributed by atoms with E-state index in [0.29, 0.717) is 25.9 Å². The maximum atomic E-state index is 13.9. The maximum absolute atomic E-state index is 13.9. The molecule has 1 atom stereocenters. The van der Waals surface area contributed by atoms with E-state index in [9.17, 15) is 4.79 Å². The van der Waals surface area contributed by atoms with Crippen LogP contribution in [0.4, 0.5) is 0 Å². The van der Waals surface area contributed by atoms with E-state index in [4.69, 9.17) is 21.0 Å². The number of fused-ring (bicyclic) bond motifs is 3. The molecule has 2 aromatic heterocycles. The van der Waals surface area contributed by atoms with Crippen molar-refractivity contribution >= 4 is 50.6 Å². The first-order valence-corrected chi connectivity index (χ1v) is 14.3. The van der Waals surface area contributed by atoms with Crippen molar-refractivity contribution in [3.05, 3.63) is 142 Å². The lowest BCUT2D eigenvalue weighted by molar-refractivity contribution is 0.570. The number of hydrogen-bond acceptors (Lipinski definition) is 4. The fraction of sp³-hybridized carbons (Fsp3) is 0.0968.